The van der Waals surface area contributed by atoms with Gasteiger partial charge in [-0.25, -0.2) is 4.79 Å². The molecule has 2 N–H and O–H groups in total. The summed E-state index contributed by atoms with van der Waals surface area (Å²) in [5, 5.41) is 9.77. The molecule has 1 heterocycles. The second kappa shape index (κ2) is 10.7. The summed E-state index contributed by atoms with van der Waals surface area (Å²) in [6.07, 6.45) is 2.02. The molecule has 0 saturated heterocycles. The number of nitriles is 1. The lowest BCUT2D eigenvalue weighted by Crippen LogP contribution is -2.21. The van der Waals surface area contributed by atoms with Crippen molar-refractivity contribution in [1.82, 2.24) is 0 Å². The Morgan fingerprint density at radius 2 is 1.80 bits per heavy atom. The number of unbranched alkanes of at least 4 members (excludes halogenated alkanes) is 1. The van der Waals surface area contributed by atoms with E-state index >= 15 is 0 Å². The van der Waals surface area contributed by atoms with Crippen LogP contribution in [0.1, 0.15) is 47.2 Å². The third-order valence-corrected chi connectivity index (χ3v) is 5.71. The summed E-state index contributed by atoms with van der Waals surface area (Å²) < 4.78 is 22.5. The molecule has 0 aromatic heterocycles. The van der Waals surface area contributed by atoms with Crippen molar-refractivity contribution in [2.24, 2.45) is 5.73 Å². The maximum Gasteiger partial charge on any atom is 0.343 e. The van der Waals surface area contributed by atoms with Crippen molar-refractivity contribution in [1.29, 1.82) is 5.26 Å². The largest absolute Gasteiger partial charge is 0.496 e. The van der Waals surface area contributed by atoms with Crippen molar-refractivity contribution in [2.45, 2.75) is 25.7 Å². The van der Waals surface area contributed by atoms with Gasteiger partial charge in [0.25, 0.3) is 0 Å². The summed E-state index contributed by atoms with van der Waals surface area (Å²) in [5.74, 6) is 1.04. The van der Waals surface area contributed by atoms with E-state index in [2.05, 4.69) is 13.0 Å². The number of nitrogens with two attached hydrogens (primary N) is 1. The van der Waals surface area contributed by atoms with Gasteiger partial charge in [0.1, 0.15) is 34.6 Å². The van der Waals surface area contributed by atoms with Gasteiger partial charge in [-0.3, -0.25) is 0 Å². The first-order valence-corrected chi connectivity index (χ1v) is 11.3. The van der Waals surface area contributed by atoms with Crippen LogP contribution in [-0.2, 0) is 0 Å². The molecule has 0 aliphatic carbocycles. The molecule has 1 atom stereocenters. The topological polar surface area (TPSA) is 104 Å². The summed E-state index contributed by atoms with van der Waals surface area (Å²) in [6, 6.07) is 21.4. The number of allylic oxidation sites excluding steroid dienone is 1. The number of para-hydroxylation sites is 1. The lowest BCUT2D eigenvalue weighted by molar-refractivity contribution is 0.0734. The van der Waals surface area contributed by atoms with Crippen LogP contribution in [-0.4, -0.2) is 19.7 Å². The van der Waals surface area contributed by atoms with E-state index in [1.54, 1.807) is 49.6 Å². The smallest absolute Gasteiger partial charge is 0.343 e. The number of carbonyl (C=O) groups is 1. The molecule has 0 spiro atoms. The van der Waals surface area contributed by atoms with Gasteiger partial charge in [-0.05, 0) is 42.8 Å². The predicted molar refractivity (Wildman–Crippen MR) is 131 cm³/mol. The first kappa shape index (κ1) is 23.7. The molecule has 0 fully saturated rings. The van der Waals surface area contributed by atoms with Crippen LogP contribution in [0.4, 0.5) is 0 Å². The quantitative estimate of drug-likeness (QED) is 0.270. The molecule has 0 amide bonds. The molecule has 7 heteroatoms. The van der Waals surface area contributed by atoms with Gasteiger partial charge in [-0.1, -0.05) is 37.6 Å². The molecule has 3 aromatic rings. The number of fused-ring (bicyclic) bond motifs is 1. The molecule has 0 radical (unpaired) electrons. The molecule has 1 unspecified atom stereocenters. The fraction of sp³-hybridized carbons (Fsp3) is 0.214. The minimum atomic E-state index is -0.511. The van der Waals surface area contributed by atoms with Gasteiger partial charge in [-0.2, -0.15) is 5.26 Å². The van der Waals surface area contributed by atoms with Crippen LogP contribution in [0, 0.1) is 11.3 Å². The third-order valence-electron chi connectivity index (χ3n) is 5.71. The lowest BCUT2D eigenvalue weighted by Gasteiger charge is -2.27. The highest BCUT2D eigenvalue weighted by molar-refractivity contribution is 5.91. The van der Waals surface area contributed by atoms with Crippen molar-refractivity contribution >= 4 is 5.97 Å². The highest BCUT2D eigenvalue weighted by atomic mass is 16.5. The molecule has 4 rings (SSSR count). The third kappa shape index (κ3) is 5.07. The van der Waals surface area contributed by atoms with Crippen LogP contribution in [0.15, 0.2) is 78.2 Å². The number of ether oxygens (including phenoxy) is 4. The van der Waals surface area contributed by atoms with Crippen molar-refractivity contribution < 1.29 is 23.7 Å². The van der Waals surface area contributed by atoms with Crippen molar-refractivity contribution in [3.63, 3.8) is 0 Å². The highest BCUT2D eigenvalue weighted by Gasteiger charge is 2.32. The van der Waals surface area contributed by atoms with Crippen LogP contribution in [0.25, 0.3) is 0 Å². The number of methoxy groups -OCH3 is 1. The first-order chi connectivity index (χ1) is 17.0. The van der Waals surface area contributed by atoms with Crippen molar-refractivity contribution in [2.75, 3.05) is 13.7 Å². The molecule has 1 aliphatic heterocycles. The number of carbonyl (C=O) groups excluding carboxylic acids is 1. The lowest BCUT2D eigenvalue weighted by atomic mass is 9.83. The molecule has 0 bridgehead atoms. The molecular formula is C28H26N2O5. The second-order valence-corrected chi connectivity index (χ2v) is 7.98. The zero-order chi connectivity index (χ0) is 24.8. The van der Waals surface area contributed by atoms with E-state index in [1.807, 2.05) is 24.3 Å². The number of hydrogen-bond acceptors (Lipinski definition) is 7. The standard InChI is InChI=1S/C28H26N2O5/c1-3-4-15-33-19-11-9-18(10-12-19)28(31)34-20-13-14-22-25(16-20)35-27(30)23(17-29)26(22)21-7-5-6-8-24(21)32-2/h5-14,16,26H,3-4,15,30H2,1-2H3. The van der Waals surface area contributed by atoms with Gasteiger partial charge in [-0.15, -0.1) is 0 Å². The molecule has 178 valence electrons. The normalized spacial score (nSPS) is 14.4. The minimum absolute atomic E-state index is 0.00181. The van der Waals surface area contributed by atoms with Gasteiger partial charge in [0.15, 0.2) is 0 Å². The summed E-state index contributed by atoms with van der Waals surface area (Å²) in [6.45, 7) is 2.73. The Bertz CT molecular complexity index is 1290. The Morgan fingerprint density at radius 3 is 2.51 bits per heavy atom. The van der Waals surface area contributed by atoms with Gasteiger partial charge in [0.05, 0.1) is 25.2 Å². The van der Waals surface area contributed by atoms with E-state index < -0.39 is 11.9 Å². The SMILES string of the molecule is CCCCOc1ccc(C(=O)Oc2ccc3c(c2)OC(N)=C(C#N)C3c2ccccc2OC)cc1. The predicted octanol–water partition coefficient (Wildman–Crippen LogP) is 5.31. The van der Waals surface area contributed by atoms with E-state index in [-0.39, 0.29) is 11.5 Å². The molecule has 0 saturated carbocycles. The van der Waals surface area contributed by atoms with Crippen LogP contribution in [0.5, 0.6) is 23.0 Å². The fourth-order valence-electron chi connectivity index (χ4n) is 3.91. The maximum atomic E-state index is 12.7. The second-order valence-electron chi connectivity index (χ2n) is 7.98. The van der Waals surface area contributed by atoms with E-state index in [0.717, 1.165) is 18.4 Å². The Hall–Kier alpha value is -4.44. The van der Waals surface area contributed by atoms with Crippen molar-refractivity contribution in [3.05, 3.63) is 94.9 Å². The van der Waals surface area contributed by atoms with Crippen molar-refractivity contribution in [3.8, 4) is 29.1 Å². The number of hydrogen-bond donors (Lipinski definition) is 1. The monoisotopic (exact) mass is 470 g/mol. The van der Waals surface area contributed by atoms with E-state index in [0.29, 0.717) is 40.7 Å². The van der Waals surface area contributed by atoms with Crippen LogP contribution in [0.2, 0.25) is 0 Å². The van der Waals surface area contributed by atoms with E-state index in [1.165, 1.54) is 0 Å². The van der Waals surface area contributed by atoms with Crippen LogP contribution >= 0.6 is 0 Å². The molecular weight excluding hydrogens is 444 g/mol. The Morgan fingerprint density at radius 1 is 1.06 bits per heavy atom. The minimum Gasteiger partial charge on any atom is -0.496 e. The Balaban J connectivity index is 1.58. The highest BCUT2D eigenvalue weighted by Crippen LogP contribution is 2.45. The van der Waals surface area contributed by atoms with Crippen LogP contribution in [0.3, 0.4) is 0 Å². The van der Waals surface area contributed by atoms with Gasteiger partial charge in [0.2, 0.25) is 5.88 Å². The number of rotatable bonds is 8. The number of benzene rings is 3. The van der Waals surface area contributed by atoms with Gasteiger partial charge >= 0.3 is 5.97 Å². The van der Waals surface area contributed by atoms with Crippen LogP contribution < -0.4 is 24.7 Å². The molecule has 3 aromatic carbocycles. The molecule has 35 heavy (non-hydrogen) atoms. The number of esters is 1. The van der Waals surface area contributed by atoms with E-state index in [9.17, 15) is 10.1 Å². The first-order valence-electron chi connectivity index (χ1n) is 11.3. The average molecular weight is 471 g/mol. The zero-order valence-corrected chi connectivity index (χ0v) is 19.6. The Labute approximate surface area is 204 Å². The Kier molecular flexibility index (Phi) is 7.22. The zero-order valence-electron chi connectivity index (χ0n) is 19.6. The van der Waals surface area contributed by atoms with Gasteiger partial charge in [0, 0.05) is 17.2 Å². The summed E-state index contributed by atoms with van der Waals surface area (Å²) in [5.41, 5.74) is 8.28. The summed E-state index contributed by atoms with van der Waals surface area (Å²) in [4.78, 5) is 12.7. The average Bonchev–Trinajstić information content (AvgIpc) is 2.88. The molecule has 1 aliphatic rings. The fourth-order valence-corrected chi connectivity index (χ4v) is 3.91. The summed E-state index contributed by atoms with van der Waals surface area (Å²) >= 11 is 0. The molecule has 7 nitrogen and oxygen atoms in total. The van der Waals surface area contributed by atoms with E-state index in [4.69, 9.17) is 24.7 Å². The van der Waals surface area contributed by atoms with Gasteiger partial charge < -0.3 is 24.7 Å². The summed E-state index contributed by atoms with van der Waals surface area (Å²) in [7, 11) is 1.57. The number of nitrogens with zero attached hydrogens (tertiary/aromatic N) is 1. The maximum absolute atomic E-state index is 12.7.